The molecule has 1 heteroatoms. The van der Waals surface area contributed by atoms with Crippen LogP contribution in [0.15, 0.2) is 102 Å². The van der Waals surface area contributed by atoms with Crippen LogP contribution in [0.5, 0.6) is 0 Å². The number of benzene rings is 4. The molecule has 0 N–H and O–H groups in total. The van der Waals surface area contributed by atoms with E-state index in [2.05, 4.69) is 84.9 Å². The largest absolute Gasteiger partial charge is 0.471 e. The van der Waals surface area contributed by atoms with Crippen molar-refractivity contribution in [3.05, 3.63) is 97.5 Å². The molecular formula is C24H16O. The van der Waals surface area contributed by atoms with E-state index >= 15 is 0 Å². The summed E-state index contributed by atoms with van der Waals surface area (Å²) in [6.07, 6.45) is 3.72. The Bertz CT molecular complexity index is 1090. The van der Waals surface area contributed by atoms with Crippen LogP contribution in [-0.2, 0) is 0 Å². The summed E-state index contributed by atoms with van der Waals surface area (Å²) in [6, 6.07) is 29.8. The van der Waals surface area contributed by atoms with Gasteiger partial charge in [0.2, 0.25) is 0 Å². The maximum absolute atomic E-state index is 5.65. The fourth-order valence-corrected chi connectivity index (χ4v) is 3.63. The lowest BCUT2D eigenvalue weighted by Gasteiger charge is -2.09. The van der Waals surface area contributed by atoms with Crippen LogP contribution in [0.25, 0.3) is 43.8 Å². The van der Waals surface area contributed by atoms with Crippen LogP contribution in [0.2, 0.25) is 0 Å². The molecule has 118 valence electrons. The van der Waals surface area contributed by atoms with Crippen LogP contribution in [-0.4, -0.2) is 0 Å². The summed E-state index contributed by atoms with van der Waals surface area (Å²) in [4.78, 5) is 0. The fourth-order valence-electron chi connectivity index (χ4n) is 3.63. The van der Waals surface area contributed by atoms with Gasteiger partial charge in [-0.25, -0.2) is 0 Å². The Morgan fingerprint density at radius 3 is 1.36 bits per heavy atom. The average Bonchev–Trinajstić information content (AvgIpc) is 3.16. The van der Waals surface area contributed by atoms with Crippen LogP contribution < -0.4 is 0 Å². The molecule has 0 spiro atoms. The van der Waals surface area contributed by atoms with Crippen molar-refractivity contribution in [2.45, 2.75) is 0 Å². The molecule has 0 saturated carbocycles. The third-order valence-electron chi connectivity index (χ3n) is 4.82. The highest BCUT2D eigenvalue weighted by Gasteiger charge is 2.14. The third-order valence-corrected chi connectivity index (χ3v) is 4.82. The highest BCUT2D eigenvalue weighted by atomic mass is 16.3. The molecule has 0 aliphatic rings. The van der Waals surface area contributed by atoms with Gasteiger partial charge in [0.1, 0.15) is 0 Å². The van der Waals surface area contributed by atoms with Crippen molar-refractivity contribution in [1.29, 1.82) is 0 Å². The second kappa shape index (κ2) is 5.64. The van der Waals surface area contributed by atoms with Crippen LogP contribution in [0, 0.1) is 0 Å². The minimum absolute atomic E-state index is 1.13. The first-order valence-corrected chi connectivity index (χ1v) is 8.44. The SMILES string of the molecule is c1ccc2c(-c3cocc3-c3cccc4ccccc34)cccc2c1. The van der Waals surface area contributed by atoms with Crippen molar-refractivity contribution in [2.75, 3.05) is 0 Å². The quantitative estimate of drug-likeness (QED) is 0.344. The summed E-state index contributed by atoms with van der Waals surface area (Å²) in [5.74, 6) is 0. The molecule has 0 fully saturated rings. The first kappa shape index (κ1) is 14.1. The Morgan fingerprint density at radius 2 is 0.840 bits per heavy atom. The zero-order valence-corrected chi connectivity index (χ0v) is 13.6. The topological polar surface area (TPSA) is 13.1 Å². The van der Waals surface area contributed by atoms with E-state index in [1.54, 1.807) is 0 Å². The summed E-state index contributed by atoms with van der Waals surface area (Å²) < 4.78 is 5.65. The van der Waals surface area contributed by atoms with Crippen molar-refractivity contribution in [3.8, 4) is 22.3 Å². The Hall–Kier alpha value is -3.32. The van der Waals surface area contributed by atoms with E-state index < -0.39 is 0 Å². The van der Waals surface area contributed by atoms with Crippen LogP contribution in [0.1, 0.15) is 0 Å². The zero-order valence-electron chi connectivity index (χ0n) is 13.6. The summed E-state index contributed by atoms with van der Waals surface area (Å²) >= 11 is 0. The Labute approximate surface area is 146 Å². The lowest BCUT2D eigenvalue weighted by molar-refractivity contribution is 0.569. The van der Waals surface area contributed by atoms with Gasteiger partial charge in [-0.1, -0.05) is 84.9 Å². The smallest absolute Gasteiger partial charge is 0.0987 e. The molecule has 0 bridgehead atoms. The molecule has 5 rings (SSSR count). The number of rotatable bonds is 2. The summed E-state index contributed by atoms with van der Waals surface area (Å²) in [7, 11) is 0. The molecule has 1 heterocycles. The molecule has 25 heavy (non-hydrogen) atoms. The third kappa shape index (κ3) is 2.25. The molecule has 4 aromatic carbocycles. The van der Waals surface area contributed by atoms with Gasteiger partial charge in [0.15, 0.2) is 0 Å². The van der Waals surface area contributed by atoms with Crippen molar-refractivity contribution in [1.82, 2.24) is 0 Å². The number of hydrogen-bond donors (Lipinski definition) is 0. The molecule has 0 aliphatic heterocycles. The van der Waals surface area contributed by atoms with Gasteiger partial charge < -0.3 is 4.42 Å². The van der Waals surface area contributed by atoms with Crippen LogP contribution in [0.3, 0.4) is 0 Å². The minimum Gasteiger partial charge on any atom is -0.471 e. The van der Waals surface area contributed by atoms with E-state index in [9.17, 15) is 0 Å². The van der Waals surface area contributed by atoms with Gasteiger partial charge in [0.05, 0.1) is 12.5 Å². The molecule has 1 nitrogen and oxygen atoms in total. The maximum Gasteiger partial charge on any atom is 0.0987 e. The summed E-state index contributed by atoms with van der Waals surface area (Å²) in [5.41, 5.74) is 4.67. The van der Waals surface area contributed by atoms with Gasteiger partial charge in [-0.15, -0.1) is 0 Å². The van der Waals surface area contributed by atoms with E-state index in [0.29, 0.717) is 0 Å². The maximum atomic E-state index is 5.65. The van der Waals surface area contributed by atoms with Gasteiger partial charge in [-0.05, 0) is 32.7 Å². The Kier molecular flexibility index (Phi) is 3.17. The summed E-state index contributed by atoms with van der Waals surface area (Å²) in [6.45, 7) is 0. The number of fused-ring (bicyclic) bond motifs is 2. The van der Waals surface area contributed by atoms with Crippen molar-refractivity contribution < 1.29 is 4.42 Å². The van der Waals surface area contributed by atoms with E-state index in [1.807, 2.05) is 12.5 Å². The van der Waals surface area contributed by atoms with Gasteiger partial charge >= 0.3 is 0 Å². The molecule has 0 unspecified atom stereocenters. The van der Waals surface area contributed by atoms with E-state index in [0.717, 1.165) is 11.1 Å². The molecule has 1 aromatic heterocycles. The number of hydrogen-bond acceptors (Lipinski definition) is 1. The normalized spacial score (nSPS) is 11.2. The highest BCUT2D eigenvalue weighted by molar-refractivity contribution is 6.04. The minimum atomic E-state index is 1.13. The Morgan fingerprint density at radius 1 is 0.400 bits per heavy atom. The molecule has 0 radical (unpaired) electrons. The second-order valence-corrected chi connectivity index (χ2v) is 6.25. The van der Waals surface area contributed by atoms with E-state index in [4.69, 9.17) is 4.42 Å². The molecule has 0 amide bonds. The lowest BCUT2D eigenvalue weighted by Crippen LogP contribution is -1.84. The van der Waals surface area contributed by atoms with Crippen LogP contribution in [0.4, 0.5) is 0 Å². The monoisotopic (exact) mass is 320 g/mol. The van der Waals surface area contributed by atoms with Crippen molar-refractivity contribution in [2.24, 2.45) is 0 Å². The Balaban J connectivity index is 1.80. The molecule has 0 saturated heterocycles. The average molecular weight is 320 g/mol. The second-order valence-electron chi connectivity index (χ2n) is 6.25. The van der Waals surface area contributed by atoms with Crippen molar-refractivity contribution >= 4 is 21.5 Å². The van der Waals surface area contributed by atoms with Gasteiger partial charge in [-0.3, -0.25) is 0 Å². The molecule has 5 aromatic rings. The van der Waals surface area contributed by atoms with Crippen molar-refractivity contribution in [3.63, 3.8) is 0 Å². The van der Waals surface area contributed by atoms with Gasteiger partial charge in [0.25, 0.3) is 0 Å². The van der Waals surface area contributed by atoms with E-state index in [-0.39, 0.29) is 0 Å². The van der Waals surface area contributed by atoms with Crippen LogP contribution >= 0.6 is 0 Å². The predicted octanol–water partition coefficient (Wildman–Crippen LogP) is 6.92. The first-order valence-electron chi connectivity index (χ1n) is 8.44. The fraction of sp³-hybridized carbons (Fsp3) is 0. The lowest BCUT2D eigenvalue weighted by atomic mass is 9.92. The predicted molar refractivity (Wildman–Crippen MR) is 105 cm³/mol. The summed E-state index contributed by atoms with van der Waals surface area (Å²) in [5, 5.41) is 4.97. The van der Waals surface area contributed by atoms with E-state index in [1.165, 1.54) is 32.7 Å². The first-order chi connectivity index (χ1) is 12.4. The molecule has 0 atom stereocenters. The molecular weight excluding hydrogens is 304 g/mol. The highest BCUT2D eigenvalue weighted by Crippen LogP contribution is 2.39. The standard InChI is InChI=1S/C24H16O/c1-3-11-19-17(7-1)9-5-13-21(19)23-15-25-16-24(23)22-14-6-10-18-8-2-4-12-20(18)22/h1-16H. The van der Waals surface area contributed by atoms with Gasteiger partial charge in [-0.2, -0.15) is 0 Å². The zero-order chi connectivity index (χ0) is 16.6. The van der Waals surface area contributed by atoms with Gasteiger partial charge in [0, 0.05) is 11.1 Å². The number of furan rings is 1. The molecule has 0 aliphatic carbocycles.